The molecule has 0 radical (unpaired) electrons. The summed E-state index contributed by atoms with van der Waals surface area (Å²) in [6, 6.07) is 0.743. The Bertz CT molecular complexity index is 253. The number of nitrogens with two attached hydrogens (primary N) is 1. The van der Waals surface area contributed by atoms with E-state index in [1.807, 2.05) is 4.90 Å². The van der Waals surface area contributed by atoms with Crippen LogP contribution in [-0.4, -0.2) is 54.5 Å². The minimum Gasteiger partial charge on any atom is -0.340 e. The third-order valence-electron chi connectivity index (χ3n) is 4.43. The van der Waals surface area contributed by atoms with Gasteiger partial charge in [-0.1, -0.05) is 0 Å². The fourth-order valence-corrected chi connectivity index (χ4v) is 3.15. The summed E-state index contributed by atoms with van der Waals surface area (Å²) in [5.41, 5.74) is 5.72. The maximum absolute atomic E-state index is 11.3. The summed E-state index contributed by atoms with van der Waals surface area (Å²) in [4.78, 5) is 15.8. The summed E-state index contributed by atoms with van der Waals surface area (Å²) in [5, 5.41) is 0. The molecule has 1 aliphatic heterocycles. The zero-order chi connectivity index (χ0) is 12.3. The lowest BCUT2D eigenvalue weighted by Gasteiger charge is -2.41. The Balaban J connectivity index is 1.76. The zero-order valence-corrected chi connectivity index (χ0v) is 10.9. The number of piperazine rings is 1. The van der Waals surface area contributed by atoms with Crippen LogP contribution < -0.4 is 5.73 Å². The molecule has 0 aromatic rings. The van der Waals surface area contributed by atoms with Crippen molar-refractivity contribution < 1.29 is 4.79 Å². The summed E-state index contributed by atoms with van der Waals surface area (Å²) in [6.45, 7) is 6.44. The van der Waals surface area contributed by atoms with Crippen LogP contribution in [0.3, 0.4) is 0 Å². The minimum absolute atomic E-state index is 0.219. The molecule has 1 amide bonds. The largest absolute Gasteiger partial charge is 0.340 e. The van der Waals surface area contributed by atoms with E-state index in [0.717, 1.165) is 44.7 Å². The van der Waals surface area contributed by atoms with Crippen molar-refractivity contribution in [1.29, 1.82) is 0 Å². The smallest absolute Gasteiger partial charge is 0.219 e. The Morgan fingerprint density at radius 2 is 1.71 bits per heavy atom. The van der Waals surface area contributed by atoms with E-state index >= 15 is 0 Å². The van der Waals surface area contributed by atoms with Gasteiger partial charge in [0.05, 0.1) is 0 Å². The number of hydrogen-bond donors (Lipinski definition) is 1. The average Bonchev–Trinajstić information content (AvgIpc) is 2.39. The Hall–Kier alpha value is -0.610. The maximum Gasteiger partial charge on any atom is 0.219 e. The first-order valence-corrected chi connectivity index (χ1v) is 6.90. The van der Waals surface area contributed by atoms with Gasteiger partial charge in [0.25, 0.3) is 0 Å². The first-order valence-electron chi connectivity index (χ1n) is 6.90. The highest BCUT2D eigenvalue weighted by Crippen LogP contribution is 2.27. The van der Waals surface area contributed by atoms with E-state index in [1.54, 1.807) is 6.92 Å². The summed E-state index contributed by atoms with van der Waals surface area (Å²) in [6.07, 6.45) is 5.16. The molecule has 4 heteroatoms. The van der Waals surface area contributed by atoms with Crippen LogP contribution in [0, 0.1) is 5.92 Å². The zero-order valence-electron chi connectivity index (χ0n) is 10.9. The highest BCUT2D eigenvalue weighted by molar-refractivity contribution is 5.73. The molecule has 98 valence electrons. The third kappa shape index (κ3) is 3.19. The molecule has 1 aliphatic carbocycles. The molecule has 1 heterocycles. The molecule has 0 spiro atoms. The van der Waals surface area contributed by atoms with Crippen LogP contribution in [0.25, 0.3) is 0 Å². The molecule has 2 fully saturated rings. The topological polar surface area (TPSA) is 49.6 Å². The number of rotatable bonds is 2. The summed E-state index contributed by atoms with van der Waals surface area (Å²) in [7, 11) is 0. The van der Waals surface area contributed by atoms with Crippen LogP contribution in [0.15, 0.2) is 0 Å². The van der Waals surface area contributed by atoms with Gasteiger partial charge in [0.2, 0.25) is 5.91 Å². The van der Waals surface area contributed by atoms with Crippen molar-refractivity contribution in [3.8, 4) is 0 Å². The molecule has 17 heavy (non-hydrogen) atoms. The van der Waals surface area contributed by atoms with Crippen molar-refractivity contribution >= 4 is 5.91 Å². The fourth-order valence-electron chi connectivity index (χ4n) is 3.15. The van der Waals surface area contributed by atoms with Gasteiger partial charge >= 0.3 is 0 Å². The molecule has 0 aromatic heterocycles. The summed E-state index contributed by atoms with van der Waals surface area (Å²) in [5.74, 6) is 0.973. The van der Waals surface area contributed by atoms with E-state index in [4.69, 9.17) is 5.73 Å². The molecule has 2 aliphatic rings. The van der Waals surface area contributed by atoms with E-state index in [0.29, 0.717) is 0 Å². The molecule has 1 saturated heterocycles. The van der Waals surface area contributed by atoms with Crippen LogP contribution in [0.1, 0.15) is 32.6 Å². The fraction of sp³-hybridized carbons (Fsp3) is 0.923. The Labute approximate surface area is 104 Å². The number of amides is 1. The normalized spacial score (nSPS) is 31.5. The van der Waals surface area contributed by atoms with Crippen molar-refractivity contribution in [2.75, 3.05) is 32.7 Å². The standard InChI is InChI=1S/C13H25N3O/c1-11(17)15-6-8-16(9-7-15)13-4-2-12(10-14)3-5-13/h12-13H,2-10,14H2,1H3. The molecule has 2 rings (SSSR count). The lowest BCUT2D eigenvalue weighted by Crippen LogP contribution is -2.52. The van der Waals surface area contributed by atoms with E-state index in [9.17, 15) is 4.79 Å². The third-order valence-corrected chi connectivity index (χ3v) is 4.43. The van der Waals surface area contributed by atoms with Crippen LogP contribution in [-0.2, 0) is 4.79 Å². The van der Waals surface area contributed by atoms with Gasteiger partial charge in [-0.15, -0.1) is 0 Å². The lowest BCUT2D eigenvalue weighted by atomic mass is 9.85. The van der Waals surface area contributed by atoms with Crippen LogP contribution in [0.5, 0.6) is 0 Å². The molecule has 2 N–H and O–H groups in total. The molecule has 0 unspecified atom stereocenters. The van der Waals surface area contributed by atoms with E-state index < -0.39 is 0 Å². The second kappa shape index (κ2) is 5.83. The molecule has 4 nitrogen and oxygen atoms in total. The average molecular weight is 239 g/mol. The lowest BCUT2D eigenvalue weighted by molar-refractivity contribution is -0.131. The van der Waals surface area contributed by atoms with Crippen LogP contribution in [0.2, 0.25) is 0 Å². The van der Waals surface area contributed by atoms with Gasteiger partial charge in [-0.3, -0.25) is 9.69 Å². The Morgan fingerprint density at radius 1 is 1.12 bits per heavy atom. The van der Waals surface area contributed by atoms with Gasteiger partial charge in [-0.05, 0) is 38.1 Å². The molecule has 1 saturated carbocycles. The highest BCUT2D eigenvalue weighted by atomic mass is 16.2. The molecule has 0 atom stereocenters. The van der Waals surface area contributed by atoms with Gasteiger partial charge in [0, 0.05) is 39.1 Å². The van der Waals surface area contributed by atoms with Crippen LogP contribution >= 0.6 is 0 Å². The Morgan fingerprint density at radius 3 is 2.18 bits per heavy atom. The van der Waals surface area contributed by atoms with Crippen molar-refractivity contribution in [3.05, 3.63) is 0 Å². The highest BCUT2D eigenvalue weighted by Gasteiger charge is 2.28. The molecule has 0 aromatic carbocycles. The second-order valence-electron chi connectivity index (χ2n) is 5.45. The van der Waals surface area contributed by atoms with Gasteiger partial charge < -0.3 is 10.6 Å². The first-order chi connectivity index (χ1) is 8.20. The molecule has 0 bridgehead atoms. The number of hydrogen-bond acceptors (Lipinski definition) is 3. The van der Waals surface area contributed by atoms with Crippen molar-refractivity contribution in [2.45, 2.75) is 38.6 Å². The van der Waals surface area contributed by atoms with Gasteiger partial charge in [-0.25, -0.2) is 0 Å². The van der Waals surface area contributed by atoms with Gasteiger partial charge in [0.15, 0.2) is 0 Å². The number of carbonyl (C=O) groups excluding carboxylic acids is 1. The van der Waals surface area contributed by atoms with Crippen LogP contribution in [0.4, 0.5) is 0 Å². The van der Waals surface area contributed by atoms with E-state index in [2.05, 4.69) is 4.90 Å². The van der Waals surface area contributed by atoms with Crippen molar-refractivity contribution in [1.82, 2.24) is 9.80 Å². The predicted molar refractivity (Wildman–Crippen MR) is 68.6 cm³/mol. The SMILES string of the molecule is CC(=O)N1CCN(C2CCC(CN)CC2)CC1. The van der Waals surface area contributed by atoms with Crippen molar-refractivity contribution in [3.63, 3.8) is 0 Å². The summed E-state index contributed by atoms with van der Waals surface area (Å²) >= 11 is 0. The quantitative estimate of drug-likeness (QED) is 0.770. The summed E-state index contributed by atoms with van der Waals surface area (Å²) < 4.78 is 0. The van der Waals surface area contributed by atoms with Crippen molar-refractivity contribution in [2.24, 2.45) is 11.7 Å². The predicted octanol–water partition coefficient (Wildman–Crippen LogP) is 0.668. The maximum atomic E-state index is 11.3. The van der Waals surface area contributed by atoms with E-state index in [1.165, 1.54) is 25.7 Å². The second-order valence-corrected chi connectivity index (χ2v) is 5.45. The van der Waals surface area contributed by atoms with E-state index in [-0.39, 0.29) is 5.91 Å². The first kappa shape index (κ1) is 12.8. The van der Waals surface area contributed by atoms with Gasteiger partial charge in [0.1, 0.15) is 0 Å². The number of nitrogens with zero attached hydrogens (tertiary/aromatic N) is 2. The molecular formula is C13H25N3O. The molecular weight excluding hydrogens is 214 g/mol. The number of carbonyl (C=O) groups is 1. The monoisotopic (exact) mass is 239 g/mol. The Kier molecular flexibility index (Phi) is 4.40. The van der Waals surface area contributed by atoms with Gasteiger partial charge in [-0.2, -0.15) is 0 Å². The minimum atomic E-state index is 0.219.